The summed E-state index contributed by atoms with van der Waals surface area (Å²) in [5, 5.41) is 8.04. The lowest BCUT2D eigenvalue weighted by atomic mass is 10.1. The van der Waals surface area contributed by atoms with Gasteiger partial charge in [-0.1, -0.05) is 107 Å². The SMILES string of the molecule is CCCCCCCCCCCCCCOc1ccc(NC(=O)Nc2ccccc2C[n+]2cscc2C)cc1. The van der Waals surface area contributed by atoms with Crippen molar-refractivity contribution in [2.45, 2.75) is 97.4 Å². The summed E-state index contributed by atoms with van der Waals surface area (Å²) in [5.74, 6) is 0.840. The molecule has 0 aliphatic carbocycles. The maximum atomic E-state index is 12.6. The summed E-state index contributed by atoms with van der Waals surface area (Å²) in [6.45, 7) is 5.82. The molecule has 0 spiro atoms. The Labute approximate surface area is 233 Å². The summed E-state index contributed by atoms with van der Waals surface area (Å²) < 4.78 is 8.08. The number of thiazole rings is 1. The Bertz CT molecular complexity index is 1060. The minimum atomic E-state index is -0.255. The monoisotopic (exact) mass is 536 g/mol. The van der Waals surface area contributed by atoms with E-state index in [-0.39, 0.29) is 6.03 Å². The molecule has 0 bridgehead atoms. The van der Waals surface area contributed by atoms with Crippen molar-refractivity contribution in [2.75, 3.05) is 17.2 Å². The molecule has 2 aromatic carbocycles. The van der Waals surface area contributed by atoms with Gasteiger partial charge in [-0.2, -0.15) is 4.57 Å². The number of ether oxygens (including phenoxy) is 1. The van der Waals surface area contributed by atoms with Crippen molar-refractivity contribution < 1.29 is 14.1 Å². The molecule has 1 heterocycles. The second kappa shape index (κ2) is 17.6. The number of para-hydroxylation sites is 1. The predicted octanol–water partition coefficient (Wildman–Crippen LogP) is 9.12. The molecular weight excluding hydrogens is 490 g/mol. The topological polar surface area (TPSA) is 54.2 Å². The van der Waals surface area contributed by atoms with Crippen LogP contribution in [0.25, 0.3) is 0 Å². The van der Waals surface area contributed by atoms with E-state index in [1.165, 1.54) is 76.3 Å². The average Bonchev–Trinajstić information content (AvgIpc) is 3.33. The standard InChI is InChI=1S/C32H45N3O2S/c1-3-4-5-6-7-8-9-10-11-12-13-16-23-37-30-21-19-29(20-22-30)33-32(36)34-31-18-15-14-17-28(31)24-35-26-38-25-27(35)2/h14-15,17-22,25-26H,3-13,16,23-24H2,1-2H3,(H-,33,34,36)/p+1. The zero-order valence-corrected chi connectivity index (χ0v) is 24.2. The minimum Gasteiger partial charge on any atom is -0.494 e. The van der Waals surface area contributed by atoms with Crippen LogP contribution in [0.4, 0.5) is 16.2 Å². The number of unbranched alkanes of at least 4 members (excludes halogenated alkanes) is 11. The van der Waals surface area contributed by atoms with E-state index < -0.39 is 0 Å². The number of urea groups is 1. The number of amides is 2. The van der Waals surface area contributed by atoms with E-state index in [9.17, 15) is 4.79 Å². The van der Waals surface area contributed by atoms with E-state index in [0.717, 1.165) is 42.3 Å². The quantitative estimate of drug-likeness (QED) is 0.126. The first-order chi connectivity index (χ1) is 18.7. The van der Waals surface area contributed by atoms with Crippen LogP contribution in [0.15, 0.2) is 59.4 Å². The summed E-state index contributed by atoms with van der Waals surface area (Å²) >= 11 is 1.67. The summed E-state index contributed by atoms with van der Waals surface area (Å²) in [6.07, 6.45) is 16.1. The number of nitrogens with one attached hydrogen (secondary N) is 2. The molecule has 5 nitrogen and oxygen atoms in total. The molecule has 1 aromatic heterocycles. The molecule has 0 fully saturated rings. The smallest absolute Gasteiger partial charge is 0.323 e. The van der Waals surface area contributed by atoms with Gasteiger partial charge in [0.2, 0.25) is 5.51 Å². The number of aryl methyl sites for hydroxylation is 1. The van der Waals surface area contributed by atoms with Crippen LogP contribution in [-0.4, -0.2) is 12.6 Å². The Balaban J connectivity index is 1.28. The second-order valence-electron chi connectivity index (χ2n) is 10.1. The van der Waals surface area contributed by atoms with E-state index in [0.29, 0.717) is 0 Å². The number of anilines is 2. The van der Waals surface area contributed by atoms with Crippen molar-refractivity contribution in [1.82, 2.24) is 0 Å². The fourth-order valence-electron chi connectivity index (χ4n) is 4.53. The maximum Gasteiger partial charge on any atom is 0.323 e. The third-order valence-corrected chi connectivity index (χ3v) is 7.72. The molecule has 0 saturated heterocycles. The van der Waals surface area contributed by atoms with Gasteiger partial charge in [-0.3, -0.25) is 0 Å². The first-order valence-corrected chi connectivity index (χ1v) is 15.4. The van der Waals surface area contributed by atoms with Crippen molar-refractivity contribution in [1.29, 1.82) is 0 Å². The number of carbonyl (C=O) groups excluding carboxylic acids is 1. The summed E-state index contributed by atoms with van der Waals surface area (Å²) in [7, 11) is 0. The number of hydrogen-bond donors (Lipinski definition) is 2. The zero-order valence-electron chi connectivity index (χ0n) is 23.3. The molecule has 0 saturated carbocycles. The highest BCUT2D eigenvalue weighted by atomic mass is 32.1. The average molecular weight is 537 g/mol. The first-order valence-electron chi connectivity index (χ1n) is 14.5. The highest BCUT2D eigenvalue weighted by Gasteiger charge is 2.13. The normalized spacial score (nSPS) is 10.9. The molecule has 0 aliphatic rings. The highest BCUT2D eigenvalue weighted by Crippen LogP contribution is 2.19. The van der Waals surface area contributed by atoms with E-state index in [2.05, 4.69) is 39.9 Å². The van der Waals surface area contributed by atoms with Gasteiger partial charge >= 0.3 is 6.03 Å². The van der Waals surface area contributed by atoms with E-state index in [4.69, 9.17) is 4.74 Å². The fourth-order valence-corrected chi connectivity index (χ4v) is 5.31. The van der Waals surface area contributed by atoms with Gasteiger partial charge in [-0.25, -0.2) is 4.79 Å². The number of hydrogen-bond acceptors (Lipinski definition) is 3. The molecule has 6 heteroatoms. The van der Waals surface area contributed by atoms with Gasteiger partial charge in [0.1, 0.15) is 5.75 Å². The molecule has 2 amide bonds. The third-order valence-electron chi connectivity index (χ3n) is 6.86. The van der Waals surface area contributed by atoms with Crippen LogP contribution in [0.1, 0.15) is 95.2 Å². The number of nitrogens with zero attached hydrogens (tertiary/aromatic N) is 1. The van der Waals surface area contributed by atoms with Crippen LogP contribution in [0.2, 0.25) is 0 Å². The zero-order chi connectivity index (χ0) is 26.8. The van der Waals surface area contributed by atoms with Crippen molar-refractivity contribution in [3.8, 4) is 5.75 Å². The van der Waals surface area contributed by atoms with Crippen molar-refractivity contribution in [3.05, 3.63) is 70.7 Å². The van der Waals surface area contributed by atoms with Crippen molar-refractivity contribution in [3.63, 3.8) is 0 Å². The molecule has 206 valence electrons. The third kappa shape index (κ3) is 11.3. The van der Waals surface area contributed by atoms with Crippen LogP contribution in [-0.2, 0) is 6.54 Å². The maximum absolute atomic E-state index is 12.6. The predicted molar refractivity (Wildman–Crippen MR) is 160 cm³/mol. The molecule has 0 atom stereocenters. The molecule has 0 radical (unpaired) electrons. The fraction of sp³-hybridized carbons (Fsp3) is 0.500. The van der Waals surface area contributed by atoms with E-state index in [1.54, 1.807) is 11.3 Å². The molecular formula is C32H46N3O2S+. The van der Waals surface area contributed by atoms with Crippen LogP contribution in [0.5, 0.6) is 5.75 Å². The van der Waals surface area contributed by atoms with Crippen molar-refractivity contribution >= 4 is 28.7 Å². The van der Waals surface area contributed by atoms with Gasteiger partial charge in [-0.15, -0.1) is 0 Å². The number of carbonyl (C=O) groups is 1. The minimum absolute atomic E-state index is 0.255. The van der Waals surface area contributed by atoms with Gasteiger partial charge in [-0.05, 0) is 36.8 Å². The lowest BCUT2D eigenvalue weighted by molar-refractivity contribution is -0.689. The summed E-state index contributed by atoms with van der Waals surface area (Å²) in [6, 6.07) is 15.3. The summed E-state index contributed by atoms with van der Waals surface area (Å²) in [4.78, 5) is 12.6. The number of benzene rings is 2. The van der Waals surface area contributed by atoms with Crippen LogP contribution < -0.4 is 19.9 Å². The molecule has 0 aliphatic heterocycles. The Kier molecular flexibility index (Phi) is 13.8. The molecule has 0 unspecified atom stereocenters. The molecule has 38 heavy (non-hydrogen) atoms. The van der Waals surface area contributed by atoms with Gasteiger partial charge in [0.25, 0.3) is 0 Å². The number of rotatable bonds is 18. The van der Waals surface area contributed by atoms with Gasteiger partial charge < -0.3 is 15.4 Å². The van der Waals surface area contributed by atoms with Gasteiger partial charge in [0.05, 0.1) is 17.7 Å². The largest absolute Gasteiger partial charge is 0.494 e. The van der Waals surface area contributed by atoms with Crippen molar-refractivity contribution in [2.24, 2.45) is 0 Å². The first kappa shape index (κ1) is 29.7. The Morgan fingerprint density at radius 3 is 2.08 bits per heavy atom. The molecule has 3 rings (SSSR count). The lowest BCUT2D eigenvalue weighted by Crippen LogP contribution is -2.35. The van der Waals surface area contributed by atoms with Gasteiger partial charge in [0, 0.05) is 18.2 Å². The Morgan fingerprint density at radius 2 is 1.45 bits per heavy atom. The second-order valence-corrected chi connectivity index (χ2v) is 10.8. The lowest BCUT2D eigenvalue weighted by Gasteiger charge is -2.11. The van der Waals surface area contributed by atoms with Gasteiger partial charge in [0.15, 0.2) is 12.2 Å². The number of aromatic nitrogens is 1. The Hall–Kier alpha value is -2.86. The molecule has 2 N–H and O–H groups in total. The van der Waals surface area contributed by atoms with Crippen LogP contribution in [0, 0.1) is 6.92 Å². The molecule has 3 aromatic rings. The summed E-state index contributed by atoms with van der Waals surface area (Å²) in [5.41, 5.74) is 5.91. The van der Waals surface area contributed by atoms with Crippen LogP contribution in [0.3, 0.4) is 0 Å². The highest BCUT2D eigenvalue weighted by molar-refractivity contribution is 7.07. The van der Waals surface area contributed by atoms with E-state index in [1.807, 2.05) is 48.5 Å². The Morgan fingerprint density at radius 1 is 0.816 bits per heavy atom. The van der Waals surface area contributed by atoms with Crippen LogP contribution >= 0.6 is 11.3 Å². The van der Waals surface area contributed by atoms with E-state index >= 15 is 0 Å².